The molecule has 0 radical (unpaired) electrons. The van der Waals surface area contributed by atoms with Gasteiger partial charge in [0.25, 0.3) is 0 Å². The van der Waals surface area contributed by atoms with Crippen LogP contribution < -0.4 is 20.1 Å². The van der Waals surface area contributed by atoms with Gasteiger partial charge in [-0.3, -0.25) is 10.1 Å². The molecule has 0 fully saturated rings. The van der Waals surface area contributed by atoms with Crippen LogP contribution in [-0.4, -0.2) is 46.5 Å². The van der Waals surface area contributed by atoms with E-state index in [0.29, 0.717) is 29.5 Å². The lowest BCUT2D eigenvalue weighted by Crippen LogP contribution is -2.48. The molecule has 0 aliphatic carbocycles. The van der Waals surface area contributed by atoms with Crippen LogP contribution in [0.4, 0.5) is 0 Å². The third-order valence-electron chi connectivity index (χ3n) is 4.71. The van der Waals surface area contributed by atoms with Crippen LogP contribution in [0.15, 0.2) is 42.5 Å². The van der Waals surface area contributed by atoms with Gasteiger partial charge in [0, 0.05) is 17.1 Å². The van der Waals surface area contributed by atoms with Crippen molar-refractivity contribution in [2.45, 2.75) is 26.3 Å². The van der Waals surface area contributed by atoms with Gasteiger partial charge < -0.3 is 14.8 Å². The van der Waals surface area contributed by atoms with Crippen molar-refractivity contribution in [2.24, 2.45) is 5.92 Å². The number of carbonyl (C=O) groups excluding carboxylic acids is 1. The minimum Gasteiger partial charge on any atom is -0.493 e. The Morgan fingerprint density at radius 2 is 1.85 bits per heavy atom. The van der Waals surface area contributed by atoms with Crippen molar-refractivity contribution in [3.05, 3.63) is 58.6 Å². The number of hydrogen-bond donors (Lipinski definition) is 3. The molecule has 9 heteroatoms. The molecule has 0 bridgehead atoms. The SMILES string of the molecule is COc1cc(CCNC(=O)[C@@H](NC[SH](=O)=O)C(C)C)ccc1OCC#Cc1ccc(Cl)cc1. The number of ether oxygens (including phenoxy) is 2. The van der Waals surface area contributed by atoms with Gasteiger partial charge in [0.1, 0.15) is 6.61 Å². The zero-order chi connectivity index (χ0) is 24.2. The fraction of sp³-hybridized carbons (Fsp3) is 0.375. The van der Waals surface area contributed by atoms with Gasteiger partial charge in [-0.2, -0.15) is 0 Å². The Balaban J connectivity index is 1.88. The summed E-state index contributed by atoms with van der Waals surface area (Å²) in [5.74, 6) is 6.62. The standard InChI is InChI=1S/C24H29ClN2O5S/c1-17(2)23(27-16-33(29)30)24(28)26-13-12-19-8-11-21(22(15-19)31-3)32-14-4-5-18-6-9-20(25)10-7-18/h6-11,15,17,23,27,33H,12-14,16H2,1-3H3,(H,26,28)/t23-/m0/s1. The first-order valence-electron chi connectivity index (χ1n) is 10.5. The van der Waals surface area contributed by atoms with Crippen LogP contribution in [0.1, 0.15) is 25.0 Å². The van der Waals surface area contributed by atoms with Gasteiger partial charge in [-0.05, 0) is 54.3 Å². The number of halogens is 1. The molecule has 0 spiro atoms. The number of methoxy groups -OCH3 is 1. The molecule has 2 aromatic rings. The number of benzene rings is 2. The maximum atomic E-state index is 12.4. The van der Waals surface area contributed by atoms with E-state index in [1.54, 1.807) is 19.2 Å². The van der Waals surface area contributed by atoms with E-state index in [-0.39, 0.29) is 24.3 Å². The predicted octanol–water partition coefficient (Wildman–Crippen LogP) is 2.62. The maximum absolute atomic E-state index is 12.4. The van der Waals surface area contributed by atoms with E-state index >= 15 is 0 Å². The summed E-state index contributed by atoms with van der Waals surface area (Å²) in [6.45, 7) is 4.33. The summed E-state index contributed by atoms with van der Waals surface area (Å²) in [5.41, 5.74) is 1.81. The Morgan fingerprint density at radius 3 is 2.48 bits per heavy atom. The first-order valence-corrected chi connectivity index (χ1v) is 12.2. The Hall–Kier alpha value is -2.73. The number of carbonyl (C=O) groups is 1. The lowest BCUT2D eigenvalue weighted by atomic mass is 10.0. The van der Waals surface area contributed by atoms with Crippen LogP contribution in [0, 0.1) is 17.8 Å². The number of thiol groups is 1. The molecule has 178 valence electrons. The largest absolute Gasteiger partial charge is 0.493 e. The van der Waals surface area contributed by atoms with E-state index in [1.807, 2.05) is 44.2 Å². The lowest BCUT2D eigenvalue weighted by Gasteiger charge is -2.20. The monoisotopic (exact) mass is 492 g/mol. The molecule has 1 amide bonds. The third-order valence-corrected chi connectivity index (χ3v) is 5.40. The summed E-state index contributed by atoms with van der Waals surface area (Å²) >= 11 is 5.87. The molecular weight excluding hydrogens is 464 g/mol. The summed E-state index contributed by atoms with van der Waals surface area (Å²) in [5, 5.41) is 6.28. The van der Waals surface area contributed by atoms with Crippen molar-refractivity contribution >= 4 is 28.2 Å². The summed E-state index contributed by atoms with van der Waals surface area (Å²) in [6, 6.07) is 12.2. The third kappa shape index (κ3) is 9.34. The van der Waals surface area contributed by atoms with Gasteiger partial charge in [0.2, 0.25) is 5.91 Å². The molecule has 0 aliphatic heterocycles. The van der Waals surface area contributed by atoms with Crippen LogP contribution in [0.5, 0.6) is 11.5 Å². The second kappa shape index (κ2) is 13.7. The molecule has 33 heavy (non-hydrogen) atoms. The highest BCUT2D eigenvalue weighted by atomic mass is 35.5. The van der Waals surface area contributed by atoms with Gasteiger partial charge in [-0.1, -0.05) is 43.4 Å². The number of hydrogen-bond acceptors (Lipinski definition) is 6. The highest BCUT2D eigenvalue weighted by Crippen LogP contribution is 2.28. The molecule has 2 N–H and O–H groups in total. The molecule has 2 aromatic carbocycles. The summed E-state index contributed by atoms with van der Waals surface area (Å²) in [4.78, 5) is 12.4. The molecule has 0 saturated carbocycles. The first-order chi connectivity index (χ1) is 15.8. The number of amides is 1. The van der Waals surface area contributed by atoms with Crippen molar-refractivity contribution in [1.29, 1.82) is 0 Å². The Bertz CT molecular complexity index is 1050. The molecule has 0 heterocycles. The van der Waals surface area contributed by atoms with Gasteiger partial charge in [0.15, 0.2) is 22.2 Å². The van der Waals surface area contributed by atoms with E-state index in [1.165, 1.54) is 0 Å². The topological polar surface area (TPSA) is 93.7 Å². The summed E-state index contributed by atoms with van der Waals surface area (Å²) in [7, 11) is -1.03. The highest BCUT2D eigenvalue weighted by molar-refractivity contribution is 7.72. The number of rotatable bonds is 11. The zero-order valence-electron chi connectivity index (χ0n) is 18.9. The van der Waals surface area contributed by atoms with Crippen molar-refractivity contribution in [3.63, 3.8) is 0 Å². The maximum Gasteiger partial charge on any atom is 0.237 e. The van der Waals surface area contributed by atoms with Crippen LogP contribution in [-0.2, 0) is 21.9 Å². The summed E-state index contributed by atoms with van der Waals surface area (Å²) in [6.07, 6.45) is 0.583. The van der Waals surface area contributed by atoms with Crippen LogP contribution >= 0.6 is 11.6 Å². The van der Waals surface area contributed by atoms with Crippen molar-refractivity contribution in [1.82, 2.24) is 10.6 Å². The second-order valence-corrected chi connectivity index (χ2v) is 8.96. The van der Waals surface area contributed by atoms with Gasteiger partial charge in [0.05, 0.1) is 19.0 Å². The van der Waals surface area contributed by atoms with Crippen LogP contribution in [0.3, 0.4) is 0 Å². The second-order valence-electron chi connectivity index (χ2n) is 7.54. The first kappa shape index (κ1) is 26.5. The fourth-order valence-electron chi connectivity index (χ4n) is 3.02. The molecule has 1 atom stereocenters. The molecular formula is C24H29ClN2O5S. The van der Waals surface area contributed by atoms with Gasteiger partial charge >= 0.3 is 0 Å². The van der Waals surface area contributed by atoms with Crippen LogP contribution in [0.2, 0.25) is 5.02 Å². The molecule has 7 nitrogen and oxygen atoms in total. The minimum absolute atomic E-state index is 0.0423. The molecule has 0 aliphatic rings. The normalized spacial score (nSPS) is 11.6. The van der Waals surface area contributed by atoms with Crippen molar-refractivity contribution in [2.75, 3.05) is 26.1 Å². The molecule has 2 rings (SSSR count). The average molecular weight is 493 g/mol. The Labute approximate surface area is 201 Å². The highest BCUT2D eigenvalue weighted by Gasteiger charge is 2.21. The van der Waals surface area contributed by atoms with Crippen molar-refractivity contribution < 1.29 is 22.7 Å². The van der Waals surface area contributed by atoms with E-state index < -0.39 is 16.7 Å². The van der Waals surface area contributed by atoms with E-state index in [2.05, 4.69) is 22.5 Å². The average Bonchev–Trinajstić information content (AvgIpc) is 2.78. The van der Waals surface area contributed by atoms with E-state index in [9.17, 15) is 13.2 Å². The quantitative estimate of drug-likeness (QED) is 0.330. The van der Waals surface area contributed by atoms with E-state index in [4.69, 9.17) is 21.1 Å². The predicted molar refractivity (Wildman–Crippen MR) is 130 cm³/mol. The number of nitrogens with one attached hydrogen (secondary N) is 2. The Kier molecular flexibility index (Phi) is 11.0. The molecule has 0 unspecified atom stereocenters. The zero-order valence-corrected chi connectivity index (χ0v) is 20.5. The lowest BCUT2D eigenvalue weighted by molar-refractivity contribution is -0.124. The smallest absolute Gasteiger partial charge is 0.237 e. The Morgan fingerprint density at radius 1 is 1.12 bits per heavy atom. The van der Waals surface area contributed by atoms with E-state index in [0.717, 1.165) is 11.1 Å². The minimum atomic E-state index is -2.59. The van der Waals surface area contributed by atoms with Crippen LogP contribution in [0.25, 0.3) is 0 Å². The summed E-state index contributed by atoms with van der Waals surface area (Å²) < 4.78 is 32.8. The fourth-order valence-corrected chi connectivity index (χ4v) is 3.49. The van der Waals surface area contributed by atoms with Gasteiger partial charge in [-0.25, -0.2) is 8.42 Å². The molecule has 0 aromatic heterocycles. The van der Waals surface area contributed by atoms with Gasteiger partial charge in [-0.15, -0.1) is 0 Å². The van der Waals surface area contributed by atoms with Crippen molar-refractivity contribution in [3.8, 4) is 23.3 Å². The molecule has 0 saturated heterocycles.